The topological polar surface area (TPSA) is 41.1 Å². The van der Waals surface area contributed by atoms with Crippen LogP contribution in [0.2, 0.25) is 10.0 Å². The molecule has 0 aromatic heterocycles. The number of likely N-dealkylation sites (N-methyl/N-ethyl adjacent to an activating group) is 1. The molecule has 2 N–H and O–H groups in total. The van der Waals surface area contributed by atoms with Crippen molar-refractivity contribution >= 4 is 34.8 Å². The third-order valence-corrected chi connectivity index (χ3v) is 3.02. The number of rotatable bonds is 4. The summed E-state index contributed by atoms with van der Waals surface area (Å²) in [6.45, 7) is 6.25. The van der Waals surface area contributed by atoms with Gasteiger partial charge in [0.25, 0.3) is 0 Å². The molecule has 0 unspecified atom stereocenters. The van der Waals surface area contributed by atoms with Gasteiger partial charge >= 0.3 is 0 Å². The van der Waals surface area contributed by atoms with Crippen LogP contribution in [-0.4, -0.2) is 18.0 Å². The second-order valence-electron chi connectivity index (χ2n) is 4.21. The molecule has 0 saturated carbocycles. The van der Waals surface area contributed by atoms with Crippen LogP contribution in [-0.2, 0) is 4.79 Å². The van der Waals surface area contributed by atoms with E-state index in [0.29, 0.717) is 22.3 Å². The van der Waals surface area contributed by atoms with E-state index in [1.54, 1.807) is 32.0 Å². The number of carbonyl (C=O) groups is 1. The van der Waals surface area contributed by atoms with Crippen LogP contribution in [0.15, 0.2) is 18.2 Å². The van der Waals surface area contributed by atoms with E-state index < -0.39 is 5.54 Å². The lowest BCUT2D eigenvalue weighted by Gasteiger charge is -2.25. The summed E-state index contributed by atoms with van der Waals surface area (Å²) < 4.78 is 0. The SMILES string of the molecule is CCNC(C)(C)C(=O)Nc1c(Cl)cccc1Cl. The molecule has 1 amide bonds. The standard InChI is InChI=1S/C12H16Cl2N2O/c1-4-15-12(2,3)11(17)16-10-8(13)6-5-7-9(10)14/h5-7,15H,4H2,1-3H3,(H,16,17). The number of nitrogens with one attached hydrogen (secondary N) is 2. The van der Waals surface area contributed by atoms with Crippen LogP contribution in [0.5, 0.6) is 0 Å². The normalized spacial score (nSPS) is 11.4. The maximum atomic E-state index is 12.0. The highest BCUT2D eigenvalue weighted by atomic mass is 35.5. The molecule has 1 aromatic rings. The first-order valence-electron chi connectivity index (χ1n) is 5.39. The number of carbonyl (C=O) groups excluding carboxylic acids is 1. The van der Waals surface area contributed by atoms with Crippen molar-refractivity contribution in [1.29, 1.82) is 0 Å². The maximum absolute atomic E-state index is 12.0. The van der Waals surface area contributed by atoms with E-state index in [1.165, 1.54) is 0 Å². The average molecular weight is 275 g/mol. The lowest BCUT2D eigenvalue weighted by atomic mass is 10.0. The summed E-state index contributed by atoms with van der Waals surface area (Å²) in [4.78, 5) is 12.0. The van der Waals surface area contributed by atoms with E-state index in [2.05, 4.69) is 10.6 Å². The number of halogens is 2. The highest BCUT2D eigenvalue weighted by Gasteiger charge is 2.27. The van der Waals surface area contributed by atoms with Crippen LogP contribution in [0.4, 0.5) is 5.69 Å². The number of amides is 1. The second-order valence-corrected chi connectivity index (χ2v) is 5.02. The lowest BCUT2D eigenvalue weighted by molar-refractivity contribution is -0.121. The summed E-state index contributed by atoms with van der Waals surface area (Å²) in [5, 5.41) is 6.68. The molecule has 1 rings (SSSR count). The van der Waals surface area contributed by atoms with Crippen LogP contribution < -0.4 is 10.6 Å². The predicted molar refractivity (Wildman–Crippen MR) is 72.8 cm³/mol. The van der Waals surface area contributed by atoms with Gasteiger partial charge in [0.1, 0.15) is 0 Å². The molecule has 0 atom stereocenters. The zero-order valence-corrected chi connectivity index (χ0v) is 11.6. The summed E-state index contributed by atoms with van der Waals surface area (Å²) in [6.07, 6.45) is 0. The van der Waals surface area contributed by atoms with Gasteiger partial charge in [0.15, 0.2) is 0 Å². The lowest BCUT2D eigenvalue weighted by Crippen LogP contribution is -2.49. The molecular formula is C12H16Cl2N2O. The summed E-state index contributed by atoms with van der Waals surface area (Å²) in [5.74, 6) is -0.172. The monoisotopic (exact) mass is 274 g/mol. The van der Waals surface area contributed by atoms with E-state index >= 15 is 0 Å². The Kier molecular flexibility index (Phi) is 4.80. The molecule has 3 nitrogen and oxygen atoms in total. The van der Waals surface area contributed by atoms with Gasteiger partial charge in [-0.05, 0) is 32.5 Å². The summed E-state index contributed by atoms with van der Waals surface area (Å²) >= 11 is 12.0. The third kappa shape index (κ3) is 3.60. The first-order chi connectivity index (χ1) is 7.88. The number of para-hydroxylation sites is 1. The molecule has 0 fully saturated rings. The van der Waals surface area contributed by atoms with E-state index in [9.17, 15) is 4.79 Å². The van der Waals surface area contributed by atoms with Crippen molar-refractivity contribution in [2.24, 2.45) is 0 Å². The van der Waals surface area contributed by atoms with Gasteiger partial charge in [0.05, 0.1) is 21.3 Å². The maximum Gasteiger partial charge on any atom is 0.244 e. The van der Waals surface area contributed by atoms with Gasteiger partial charge in [0.2, 0.25) is 5.91 Å². The number of hydrogen-bond donors (Lipinski definition) is 2. The average Bonchev–Trinajstić information content (AvgIpc) is 2.23. The van der Waals surface area contributed by atoms with Gasteiger partial charge in [-0.2, -0.15) is 0 Å². The molecule has 0 radical (unpaired) electrons. The molecule has 0 aliphatic carbocycles. The molecular weight excluding hydrogens is 259 g/mol. The van der Waals surface area contributed by atoms with Gasteiger partial charge in [-0.15, -0.1) is 0 Å². The van der Waals surface area contributed by atoms with Crippen molar-refractivity contribution in [3.05, 3.63) is 28.2 Å². The van der Waals surface area contributed by atoms with Gasteiger partial charge in [-0.25, -0.2) is 0 Å². The van der Waals surface area contributed by atoms with Crippen molar-refractivity contribution in [2.45, 2.75) is 26.3 Å². The van der Waals surface area contributed by atoms with E-state index in [-0.39, 0.29) is 5.91 Å². The van der Waals surface area contributed by atoms with Gasteiger partial charge in [-0.1, -0.05) is 36.2 Å². The van der Waals surface area contributed by atoms with Crippen molar-refractivity contribution in [2.75, 3.05) is 11.9 Å². The largest absolute Gasteiger partial charge is 0.322 e. The predicted octanol–water partition coefficient (Wildman–Crippen LogP) is 3.32. The summed E-state index contributed by atoms with van der Waals surface area (Å²) in [6, 6.07) is 5.10. The van der Waals surface area contributed by atoms with Crippen molar-refractivity contribution in [3.63, 3.8) is 0 Å². The Balaban J connectivity index is 2.88. The van der Waals surface area contributed by atoms with Crippen molar-refractivity contribution < 1.29 is 4.79 Å². The van der Waals surface area contributed by atoms with Crippen LogP contribution in [0, 0.1) is 0 Å². The Morgan fingerprint density at radius 1 is 1.29 bits per heavy atom. The first-order valence-corrected chi connectivity index (χ1v) is 6.14. The van der Waals surface area contributed by atoms with Crippen molar-refractivity contribution in [1.82, 2.24) is 5.32 Å². The molecule has 0 saturated heterocycles. The molecule has 0 aliphatic rings. The van der Waals surface area contributed by atoms with Crippen LogP contribution in [0.3, 0.4) is 0 Å². The Morgan fingerprint density at radius 2 is 1.82 bits per heavy atom. The van der Waals surface area contributed by atoms with Crippen molar-refractivity contribution in [3.8, 4) is 0 Å². The summed E-state index contributed by atoms with van der Waals surface area (Å²) in [5.41, 5.74) is -0.219. The second kappa shape index (κ2) is 5.71. The highest BCUT2D eigenvalue weighted by Crippen LogP contribution is 2.30. The fraction of sp³-hybridized carbons (Fsp3) is 0.417. The van der Waals surface area contributed by atoms with Gasteiger partial charge in [-0.3, -0.25) is 4.79 Å². The number of hydrogen-bond acceptors (Lipinski definition) is 2. The highest BCUT2D eigenvalue weighted by molar-refractivity contribution is 6.39. The molecule has 0 aliphatic heterocycles. The van der Waals surface area contributed by atoms with E-state index in [1.807, 2.05) is 6.92 Å². The zero-order chi connectivity index (χ0) is 13.1. The Bertz CT molecular complexity index is 399. The minimum atomic E-state index is -0.669. The first kappa shape index (κ1) is 14.3. The molecule has 17 heavy (non-hydrogen) atoms. The third-order valence-electron chi connectivity index (χ3n) is 2.39. The molecule has 0 spiro atoms. The van der Waals surface area contributed by atoms with Gasteiger partial charge < -0.3 is 10.6 Å². The Hall–Kier alpha value is -0.770. The molecule has 5 heteroatoms. The zero-order valence-electron chi connectivity index (χ0n) is 10.1. The Morgan fingerprint density at radius 3 is 2.29 bits per heavy atom. The van der Waals surface area contributed by atoms with Gasteiger partial charge in [0, 0.05) is 0 Å². The summed E-state index contributed by atoms with van der Waals surface area (Å²) in [7, 11) is 0. The van der Waals surface area contributed by atoms with E-state index in [4.69, 9.17) is 23.2 Å². The smallest absolute Gasteiger partial charge is 0.244 e. The quantitative estimate of drug-likeness (QED) is 0.885. The molecule has 0 heterocycles. The van der Waals surface area contributed by atoms with Crippen LogP contribution >= 0.6 is 23.2 Å². The minimum Gasteiger partial charge on any atom is -0.322 e. The van der Waals surface area contributed by atoms with Crippen LogP contribution in [0.25, 0.3) is 0 Å². The number of benzene rings is 1. The fourth-order valence-electron chi connectivity index (χ4n) is 1.41. The van der Waals surface area contributed by atoms with Crippen LogP contribution in [0.1, 0.15) is 20.8 Å². The molecule has 1 aromatic carbocycles. The fourth-order valence-corrected chi connectivity index (χ4v) is 1.90. The Labute approximate surface area is 111 Å². The minimum absolute atomic E-state index is 0.172. The van der Waals surface area contributed by atoms with E-state index in [0.717, 1.165) is 0 Å². The number of anilines is 1. The molecule has 94 valence electrons. The molecule has 0 bridgehead atoms.